The zero-order valence-electron chi connectivity index (χ0n) is 13.7. The van der Waals surface area contributed by atoms with Gasteiger partial charge in [0.1, 0.15) is 13.2 Å². The number of esters is 2. The summed E-state index contributed by atoms with van der Waals surface area (Å²) in [6, 6.07) is 4.74. The maximum Gasteiger partial charge on any atom is 0.337 e. The molecule has 1 rings (SSSR count). The molecule has 134 valence electrons. The van der Waals surface area contributed by atoms with Crippen LogP contribution < -0.4 is 4.74 Å². The third-order valence-corrected chi connectivity index (χ3v) is 3.68. The van der Waals surface area contributed by atoms with Gasteiger partial charge in [-0.1, -0.05) is 61.9 Å². The molecule has 0 aromatic heterocycles. The lowest BCUT2D eigenvalue weighted by Gasteiger charge is -2.08. The second kappa shape index (κ2) is 12.1. The summed E-state index contributed by atoms with van der Waals surface area (Å²) in [6.07, 6.45) is 5.37. The van der Waals surface area contributed by atoms with Crippen LogP contribution in [-0.2, 0) is 19.1 Å². The fourth-order valence-electron chi connectivity index (χ4n) is 1.87. The predicted octanol–water partition coefficient (Wildman–Crippen LogP) is 4.43. The Morgan fingerprint density at radius 1 is 0.958 bits per heavy atom. The molecule has 1 aromatic rings. The maximum absolute atomic E-state index is 11.6. The minimum atomic E-state index is -0.697. The van der Waals surface area contributed by atoms with Gasteiger partial charge in [-0.2, -0.15) is 0 Å². The van der Waals surface area contributed by atoms with E-state index in [1.54, 1.807) is 18.2 Å². The van der Waals surface area contributed by atoms with E-state index in [-0.39, 0.29) is 22.4 Å². The van der Waals surface area contributed by atoms with Gasteiger partial charge in [-0.3, -0.25) is 0 Å². The minimum absolute atomic E-state index is 0.0732. The van der Waals surface area contributed by atoms with Crippen molar-refractivity contribution >= 4 is 35.1 Å². The van der Waals surface area contributed by atoms with Crippen LogP contribution >= 0.6 is 23.2 Å². The van der Waals surface area contributed by atoms with Crippen molar-refractivity contribution in [2.24, 2.45) is 0 Å². The fraction of sp³-hybridized carbons (Fsp3) is 0.529. The maximum atomic E-state index is 11.6. The van der Waals surface area contributed by atoms with Crippen LogP contribution in [0.1, 0.15) is 39.0 Å². The van der Waals surface area contributed by atoms with Gasteiger partial charge in [-0.25, -0.2) is 9.59 Å². The number of unbranched alkanes of at least 4 members (excludes halogenated alkanes) is 4. The van der Waals surface area contributed by atoms with E-state index in [4.69, 9.17) is 37.4 Å². The van der Waals surface area contributed by atoms with Crippen molar-refractivity contribution in [1.29, 1.82) is 0 Å². The molecule has 0 radical (unpaired) electrons. The number of rotatable bonds is 11. The Kier molecular flexibility index (Phi) is 10.5. The van der Waals surface area contributed by atoms with Crippen molar-refractivity contribution in [2.75, 3.05) is 19.8 Å². The summed E-state index contributed by atoms with van der Waals surface area (Å²) in [5.74, 6) is -1.13. The number of ether oxygens (including phenoxy) is 3. The van der Waals surface area contributed by atoms with Gasteiger partial charge in [0.2, 0.25) is 0 Å². The summed E-state index contributed by atoms with van der Waals surface area (Å²) in [4.78, 5) is 23.1. The lowest BCUT2D eigenvalue weighted by Crippen LogP contribution is -2.20. The van der Waals surface area contributed by atoms with Gasteiger partial charge < -0.3 is 14.2 Å². The minimum Gasteiger partial charge on any atom is -0.464 e. The SMILES string of the molecule is CCCCCCCOC(=O)COCC(=O)Oc1c(Cl)cccc1Cl. The second-order valence-electron chi connectivity index (χ2n) is 5.15. The Morgan fingerprint density at radius 2 is 1.58 bits per heavy atom. The van der Waals surface area contributed by atoms with Crippen molar-refractivity contribution in [2.45, 2.75) is 39.0 Å². The van der Waals surface area contributed by atoms with Crippen LogP contribution in [0.4, 0.5) is 0 Å². The molecule has 0 amide bonds. The highest BCUT2D eigenvalue weighted by Gasteiger charge is 2.13. The van der Waals surface area contributed by atoms with Gasteiger partial charge in [0.25, 0.3) is 0 Å². The van der Waals surface area contributed by atoms with E-state index in [0.717, 1.165) is 19.3 Å². The molecule has 0 saturated heterocycles. The summed E-state index contributed by atoms with van der Waals surface area (Å²) in [6.45, 7) is 1.81. The number of hydrogen-bond donors (Lipinski definition) is 0. The summed E-state index contributed by atoms with van der Waals surface area (Å²) in [7, 11) is 0. The molecule has 0 saturated carbocycles. The first-order valence-corrected chi connectivity index (χ1v) is 8.68. The van der Waals surface area contributed by atoms with Crippen LogP contribution in [0, 0.1) is 0 Å². The monoisotopic (exact) mass is 376 g/mol. The molecule has 0 aliphatic carbocycles. The Bertz CT molecular complexity index is 513. The predicted molar refractivity (Wildman–Crippen MR) is 92.6 cm³/mol. The topological polar surface area (TPSA) is 61.8 Å². The molecule has 0 atom stereocenters. The largest absolute Gasteiger partial charge is 0.464 e. The lowest BCUT2D eigenvalue weighted by atomic mass is 10.2. The molecule has 7 heteroatoms. The van der Waals surface area contributed by atoms with Crippen LogP contribution in [0.2, 0.25) is 10.0 Å². The lowest BCUT2D eigenvalue weighted by molar-refractivity contribution is -0.152. The Hall–Kier alpha value is -1.30. The van der Waals surface area contributed by atoms with Crippen molar-refractivity contribution in [3.63, 3.8) is 0 Å². The Balaban J connectivity index is 2.15. The summed E-state index contributed by atoms with van der Waals surface area (Å²) in [5, 5.41) is 0.441. The Labute approximate surface area is 152 Å². The number of hydrogen-bond acceptors (Lipinski definition) is 5. The van der Waals surface area contributed by atoms with E-state index < -0.39 is 18.5 Å². The van der Waals surface area contributed by atoms with Gasteiger partial charge in [0.05, 0.1) is 16.7 Å². The second-order valence-corrected chi connectivity index (χ2v) is 5.97. The van der Waals surface area contributed by atoms with Crippen molar-refractivity contribution < 1.29 is 23.8 Å². The first kappa shape index (κ1) is 20.7. The molecule has 0 bridgehead atoms. The molecule has 24 heavy (non-hydrogen) atoms. The van der Waals surface area contributed by atoms with Gasteiger partial charge in [0, 0.05) is 0 Å². The summed E-state index contributed by atoms with van der Waals surface area (Å²) < 4.78 is 15.0. The first-order chi connectivity index (χ1) is 11.5. The van der Waals surface area contributed by atoms with E-state index in [9.17, 15) is 9.59 Å². The van der Waals surface area contributed by atoms with Crippen LogP contribution in [0.5, 0.6) is 5.75 Å². The van der Waals surface area contributed by atoms with Crippen molar-refractivity contribution in [1.82, 2.24) is 0 Å². The van der Waals surface area contributed by atoms with Gasteiger partial charge in [-0.15, -0.1) is 0 Å². The number of para-hydroxylation sites is 1. The summed E-state index contributed by atoms with van der Waals surface area (Å²) >= 11 is 11.8. The van der Waals surface area contributed by atoms with Crippen molar-refractivity contribution in [3.8, 4) is 5.75 Å². The van der Waals surface area contributed by atoms with E-state index in [1.165, 1.54) is 12.8 Å². The molecule has 0 N–H and O–H groups in total. The number of carbonyl (C=O) groups excluding carboxylic acids is 2. The highest BCUT2D eigenvalue weighted by atomic mass is 35.5. The zero-order chi connectivity index (χ0) is 17.8. The standard InChI is InChI=1S/C17H22Cl2O5/c1-2-3-4-5-6-10-23-15(20)11-22-12-16(21)24-17-13(18)8-7-9-14(17)19/h7-9H,2-6,10-12H2,1H3. The molecular weight excluding hydrogens is 355 g/mol. The quantitative estimate of drug-likeness (QED) is 0.324. The van der Waals surface area contributed by atoms with E-state index >= 15 is 0 Å². The van der Waals surface area contributed by atoms with E-state index in [1.807, 2.05) is 0 Å². The molecular formula is C17H22Cl2O5. The molecule has 0 aliphatic rings. The van der Waals surface area contributed by atoms with E-state index in [0.29, 0.717) is 6.61 Å². The first-order valence-electron chi connectivity index (χ1n) is 7.92. The molecule has 0 heterocycles. The molecule has 0 aliphatic heterocycles. The Morgan fingerprint density at radius 3 is 2.25 bits per heavy atom. The van der Waals surface area contributed by atoms with Crippen LogP contribution in [0.25, 0.3) is 0 Å². The van der Waals surface area contributed by atoms with Crippen molar-refractivity contribution in [3.05, 3.63) is 28.2 Å². The fourth-order valence-corrected chi connectivity index (χ4v) is 2.35. The molecule has 0 unspecified atom stereocenters. The number of carbonyl (C=O) groups is 2. The average molecular weight is 377 g/mol. The molecule has 5 nitrogen and oxygen atoms in total. The zero-order valence-corrected chi connectivity index (χ0v) is 15.2. The number of benzene rings is 1. The molecule has 0 fully saturated rings. The number of halogens is 2. The van der Waals surface area contributed by atoms with Gasteiger partial charge in [-0.05, 0) is 18.6 Å². The average Bonchev–Trinajstić information content (AvgIpc) is 2.54. The summed E-state index contributed by atoms with van der Waals surface area (Å²) in [5.41, 5.74) is 0. The van der Waals surface area contributed by atoms with Crippen LogP contribution in [0.3, 0.4) is 0 Å². The highest BCUT2D eigenvalue weighted by molar-refractivity contribution is 6.37. The smallest absolute Gasteiger partial charge is 0.337 e. The highest BCUT2D eigenvalue weighted by Crippen LogP contribution is 2.32. The van der Waals surface area contributed by atoms with Gasteiger partial charge >= 0.3 is 11.9 Å². The third kappa shape index (κ3) is 8.52. The molecule has 0 spiro atoms. The van der Waals surface area contributed by atoms with Crippen LogP contribution in [0.15, 0.2) is 18.2 Å². The third-order valence-electron chi connectivity index (χ3n) is 3.09. The van der Waals surface area contributed by atoms with E-state index in [2.05, 4.69) is 6.92 Å². The molecule has 1 aromatic carbocycles. The van der Waals surface area contributed by atoms with Crippen LogP contribution in [-0.4, -0.2) is 31.8 Å². The van der Waals surface area contributed by atoms with Gasteiger partial charge in [0.15, 0.2) is 5.75 Å². The normalized spacial score (nSPS) is 10.5.